The highest BCUT2D eigenvalue weighted by atomic mass is 19.3. The van der Waals surface area contributed by atoms with E-state index in [1.807, 2.05) is 25.1 Å². The van der Waals surface area contributed by atoms with Gasteiger partial charge in [0, 0.05) is 0 Å². The zero-order valence-corrected chi connectivity index (χ0v) is 16.3. The lowest BCUT2D eigenvalue weighted by Crippen LogP contribution is -2.22. The van der Waals surface area contributed by atoms with Crippen molar-refractivity contribution in [3.05, 3.63) is 77.1 Å². The Morgan fingerprint density at radius 2 is 1.54 bits per heavy atom. The minimum Gasteiger partial charge on any atom is -0.426 e. The van der Waals surface area contributed by atoms with Gasteiger partial charge in [0.1, 0.15) is 0 Å². The van der Waals surface area contributed by atoms with Gasteiger partial charge in [-0.2, -0.15) is 8.78 Å². The molecule has 0 atom stereocenters. The zero-order valence-electron chi connectivity index (χ0n) is 16.3. The second kappa shape index (κ2) is 8.68. The number of hydrogen-bond acceptors (Lipinski definition) is 1. The molecule has 0 aromatic heterocycles. The fourth-order valence-corrected chi connectivity index (χ4v) is 3.24. The molecule has 0 amide bonds. The summed E-state index contributed by atoms with van der Waals surface area (Å²) in [7, 11) is 0. The molecule has 3 aromatic rings. The van der Waals surface area contributed by atoms with Crippen LogP contribution in [0.2, 0.25) is 0 Å². The predicted molar refractivity (Wildman–Crippen MR) is 107 cm³/mol. The maximum Gasteiger partial charge on any atom is 0.426 e. The topological polar surface area (TPSA) is 9.23 Å². The van der Waals surface area contributed by atoms with Crippen molar-refractivity contribution in [2.24, 2.45) is 0 Å². The first-order valence-electron chi connectivity index (χ1n) is 9.81. The van der Waals surface area contributed by atoms with E-state index in [2.05, 4.69) is 6.92 Å². The average Bonchev–Trinajstić information content (AvgIpc) is 2.69. The van der Waals surface area contributed by atoms with Crippen LogP contribution < -0.4 is 4.74 Å². The third kappa shape index (κ3) is 4.67. The molecule has 0 unspecified atom stereocenters. The molecular formula is C24H25F3O. The molecule has 148 valence electrons. The van der Waals surface area contributed by atoms with E-state index in [1.54, 1.807) is 12.1 Å². The molecule has 0 saturated carbocycles. The van der Waals surface area contributed by atoms with E-state index >= 15 is 0 Å². The van der Waals surface area contributed by atoms with E-state index in [9.17, 15) is 13.2 Å². The minimum absolute atomic E-state index is 0.296. The number of halogens is 3. The van der Waals surface area contributed by atoms with Crippen molar-refractivity contribution < 1.29 is 17.9 Å². The van der Waals surface area contributed by atoms with Gasteiger partial charge in [-0.15, -0.1) is 0 Å². The maximum atomic E-state index is 14.5. The largest absolute Gasteiger partial charge is 0.426 e. The van der Waals surface area contributed by atoms with Crippen LogP contribution in [0.5, 0.6) is 5.75 Å². The first-order chi connectivity index (χ1) is 13.4. The normalized spacial score (nSPS) is 11.8. The van der Waals surface area contributed by atoms with E-state index in [1.165, 1.54) is 24.3 Å². The van der Waals surface area contributed by atoms with Crippen molar-refractivity contribution in [1.29, 1.82) is 0 Å². The standard InChI is InChI=1S/C24H25F3O/c1-3-5-6-7-18-8-11-19-16-23(22(25)15-20(19)14-18)28-24(26,27)21-12-9-17(4-2)10-13-21/h8-16H,3-7H2,1-2H3. The molecule has 0 radical (unpaired) electrons. The third-order valence-electron chi connectivity index (χ3n) is 4.96. The number of unbranched alkanes of at least 4 members (excludes halogenated alkanes) is 2. The van der Waals surface area contributed by atoms with Crippen molar-refractivity contribution in [3.63, 3.8) is 0 Å². The van der Waals surface area contributed by atoms with Gasteiger partial charge in [0.05, 0.1) is 5.56 Å². The summed E-state index contributed by atoms with van der Waals surface area (Å²) in [5.74, 6) is -1.24. The Labute approximate surface area is 164 Å². The van der Waals surface area contributed by atoms with Gasteiger partial charge in [-0.05, 0) is 65.4 Å². The number of hydrogen-bond donors (Lipinski definition) is 0. The van der Waals surface area contributed by atoms with Gasteiger partial charge in [0.15, 0.2) is 11.6 Å². The number of ether oxygens (including phenoxy) is 1. The van der Waals surface area contributed by atoms with Crippen LogP contribution in [-0.2, 0) is 19.0 Å². The van der Waals surface area contributed by atoms with Crippen LogP contribution >= 0.6 is 0 Å². The number of rotatable bonds is 8. The Hall–Kier alpha value is -2.49. The van der Waals surface area contributed by atoms with E-state index in [0.29, 0.717) is 10.8 Å². The molecule has 3 aromatic carbocycles. The molecule has 0 bridgehead atoms. The van der Waals surface area contributed by atoms with E-state index in [0.717, 1.165) is 43.2 Å². The van der Waals surface area contributed by atoms with Crippen molar-refractivity contribution in [1.82, 2.24) is 0 Å². The summed E-state index contributed by atoms with van der Waals surface area (Å²) in [5, 5.41) is 1.36. The molecule has 0 spiro atoms. The Morgan fingerprint density at radius 3 is 2.21 bits per heavy atom. The Balaban J connectivity index is 1.83. The second-order valence-electron chi connectivity index (χ2n) is 7.09. The second-order valence-corrected chi connectivity index (χ2v) is 7.09. The average molecular weight is 386 g/mol. The van der Waals surface area contributed by atoms with E-state index in [-0.39, 0.29) is 5.56 Å². The SMILES string of the molecule is CCCCCc1ccc2cc(OC(F)(F)c3ccc(CC)cc3)c(F)cc2c1. The first-order valence-corrected chi connectivity index (χ1v) is 9.81. The summed E-state index contributed by atoms with van der Waals surface area (Å²) in [4.78, 5) is 0. The quantitative estimate of drug-likeness (QED) is 0.366. The maximum absolute atomic E-state index is 14.5. The van der Waals surface area contributed by atoms with Crippen molar-refractivity contribution in [2.45, 2.75) is 52.1 Å². The Morgan fingerprint density at radius 1 is 0.821 bits per heavy atom. The number of aryl methyl sites for hydroxylation is 2. The fourth-order valence-electron chi connectivity index (χ4n) is 3.24. The van der Waals surface area contributed by atoms with Crippen LogP contribution in [0.1, 0.15) is 49.8 Å². The lowest BCUT2D eigenvalue weighted by atomic mass is 10.0. The van der Waals surface area contributed by atoms with E-state index < -0.39 is 17.7 Å². The summed E-state index contributed by atoms with van der Waals surface area (Å²) in [6, 6.07) is 14.2. The molecular weight excluding hydrogens is 361 g/mol. The smallest absolute Gasteiger partial charge is 0.426 e. The molecule has 0 fully saturated rings. The van der Waals surface area contributed by atoms with Crippen molar-refractivity contribution in [2.75, 3.05) is 0 Å². The molecule has 0 aliphatic rings. The van der Waals surface area contributed by atoms with Crippen molar-refractivity contribution >= 4 is 10.8 Å². The fraction of sp³-hybridized carbons (Fsp3) is 0.333. The van der Waals surface area contributed by atoms with Crippen LogP contribution in [0.4, 0.5) is 13.2 Å². The Kier molecular flexibility index (Phi) is 6.28. The van der Waals surface area contributed by atoms with Gasteiger partial charge in [0.2, 0.25) is 0 Å². The number of fused-ring (bicyclic) bond motifs is 1. The summed E-state index contributed by atoms with van der Waals surface area (Å²) in [5.41, 5.74) is 1.78. The molecule has 28 heavy (non-hydrogen) atoms. The van der Waals surface area contributed by atoms with Crippen LogP contribution in [0.15, 0.2) is 54.6 Å². The monoisotopic (exact) mass is 386 g/mol. The minimum atomic E-state index is -3.61. The number of benzene rings is 3. The predicted octanol–water partition coefficient (Wildman–Crippen LogP) is 7.40. The highest BCUT2D eigenvalue weighted by Gasteiger charge is 2.35. The summed E-state index contributed by atoms with van der Waals surface area (Å²) < 4.78 is 48.3. The van der Waals surface area contributed by atoms with Gasteiger partial charge < -0.3 is 4.74 Å². The lowest BCUT2D eigenvalue weighted by molar-refractivity contribution is -0.186. The molecule has 4 heteroatoms. The van der Waals surface area contributed by atoms with Crippen molar-refractivity contribution in [3.8, 4) is 5.75 Å². The van der Waals surface area contributed by atoms with Gasteiger partial charge in [-0.25, -0.2) is 4.39 Å². The molecule has 0 heterocycles. The van der Waals surface area contributed by atoms with Gasteiger partial charge in [0.25, 0.3) is 0 Å². The molecule has 0 saturated heterocycles. The highest BCUT2D eigenvalue weighted by Crippen LogP contribution is 2.35. The van der Waals surface area contributed by atoms with Gasteiger partial charge >= 0.3 is 6.11 Å². The zero-order chi connectivity index (χ0) is 20.1. The van der Waals surface area contributed by atoms with Gasteiger partial charge in [-0.3, -0.25) is 0 Å². The summed E-state index contributed by atoms with van der Waals surface area (Å²) in [6.45, 7) is 4.09. The third-order valence-corrected chi connectivity index (χ3v) is 4.96. The summed E-state index contributed by atoms with van der Waals surface area (Å²) >= 11 is 0. The number of alkyl halides is 2. The van der Waals surface area contributed by atoms with Crippen LogP contribution in [0.3, 0.4) is 0 Å². The van der Waals surface area contributed by atoms with Crippen LogP contribution in [0.25, 0.3) is 10.8 Å². The molecule has 3 rings (SSSR count). The van der Waals surface area contributed by atoms with Crippen LogP contribution in [0, 0.1) is 5.82 Å². The molecule has 0 aliphatic heterocycles. The first kappa shape index (κ1) is 20.2. The molecule has 0 N–H and O–H groups in total. The highest BCUT2D eigenvalue weighted by molar-refractivity contribution is 5.84. The lowest BCUT2D eigenvalue weighted by Gasteiger charge is -2.19. The molecule has 0 aliphatic carbocycles. The van der Waals surface area contributed by atoms with E-state index in [4.69, 9.17) is 4.74 Å². The van der Waals surface area contributed by atoms with Gasteiger partial charge in [-0.1, -0.05) is 57.0 Å². The molecule has 1 nitrogen and oxygen atoms in total. The van der Waals surface area contributed by atoms with Crippen LogP contribution in [-0.4, -0.2) is 0 Å². The summed E-state index contributed by atoms with van der Waals surface area (Å²) in [6.07, 6.45) is 1.43. The Bertz CT molecular complexity index is 932.